The van der Waals surface area contributed by atoms with Gasteiger partial charge >= 0.3 is 0 Å². The van der Waals surface area contributed by atoms with Crippen LogP contribution in [0.3, 0.4) is 0 Å². The molecule has 1 fully saturated rings. The summed E-state index contributed by atoms with van der Waals surface area (Å²) >= 11 is 5.85. The lowest BCUT2D eigenvalue weighted by atomic mass is 9.91. The van der Waals surface area contributed by atoms with Crippen LogP contribution in [0.2, 0.25) is 5.02 Å². The Bertz CT molecular complexity index is 510. The molecule has 0 unspecified atom stereocenters. The van der Waals surface area contributed by atoms with E-state index in [4.69, 9.17) is 16.3 Å². The van der Waals surface area contributed by atoms with Gasteiger partial charge in [-0.15, -0.1) is 0 Å². The molecule has 0 atom stereocenters. The van der Waals surface area contributed by atoms with Crippen molar-refractivity contribution in [3.8, 4) is 0 Å². The summed E-state index contributed by atoms with van der Waals surface area (Å²) in [5, 5.41) is 0.686. The molecule has 0 aromatic heterocycles. The smallest absolute Gasteiger partial charge is 0.192 e. The number of carbonyl (C=O) groups excluding carboxylic acids is 1. The minimum absolute atomic E-state index is 0.0439. The van der Waals surface area contributed by atoms with Crippen molar-refractivity contribution in [2.45, 2.75) is 38.9 Å². The first-order valence-electron chi connectivity index (χ1n) is 5.95. The van der Waals surface area contributed by atoms with Gasteiger partial charge in [-0.2, -0.15) is 0 Å². The SMILES string of the molecule is CC1(C)OC(C)(C)C(=Cc2ccc(Cl)cc2)C1=O. The second-order valence-corrected chi connectivity index (χ2v) is 6.00. The minimum Gasteiger partial charge on any atom is -0.357 e. The summed E-state index contributed by atoms with van der Waals surface area (Å²) in [7, 11) is 0. The lowest BCUT2D eigenvalue weighted by Crippen LogP contribution is -2.29. The Morgan fingerprint density at radius 2 is 1.61 bits per heavy atom. The molecule has 0 N–H and O–H groups in total. The van der Waals surface area contributed by atoms with Gasteiger partial charge in [-0.3, -0.25) is 4.79 Å². The molecule has 0 aliphatic carbocycles. The highest BCUT2D eigenvalue weighted by Gasteiger charge is 2.49. The second kappa shape index (κ2) is 4.22. The lowest BCUT2D eigenvalue weighted by Gasteiger charge is -2.22. The van der Waals surface area contributed by atoms with Crippen molar-refractivity contribution in [1.82, 2.24) is 0 Å². The summed E-state index contributed by atoms with van der Waals surface area (Å²) in [5.74, 6) is 0.0439. The van der Waals surface area contributed by atoms with Crippen molar-refractivity contribution in [1.29, 1.82) is 0 Å². The number of carbonyl (C=O) groups is 1. The number of hydrogen-bond donors (Lipinski definition) is 0. The average Bonchev–Trinajstić information content (AvgIpc) is 2.39. The Kier molecular flexibility index (Phi) is 3.12. The molecule has 18 heavy (non-hydrogen) atoms. The van der Waals surface area contributed by atoms with Gasteiger partial charge in [0.05, 0.1) is 5.60 Å². The van der Waals surface area contributed by atoms with Crippen LogP contribution >= 0.6 is 11.6 Å². The van der Waals surface area contributed by atoms with Crippen molar-refractivity contribution < 1.29 is 9.53 Å². The quantitative estimate of drug-likeness (QED) is 0.720. The molecule has 1 aliphatic rings. The highest BCUT2D eigenvalue weighted by molar-refractivity contribution is 6.30. The topological polar surface area (TPSA) is 26.3 Å². The van der Waals surface area contributed by atoms with Crippen LogP contribution in [0, 0.1) is 0 Å². The first-order chi connectivity index (χ1) is 8.22. The van der Waals surface area contributed by atoms with Crippen molar-refractivity contribution in [2.24, 2.45) is 0 Å². The number of benzene rings is 1. The van der Waals surface area contributed by atoms with Crippen molar-refractivity contribution >= 4 is 23.5 Å². The molecule has 96 valence electrons. The summed E-state index contributed by atoms with van der Waals surface area (Å²) < 4.78 is 5.81. The van der Waals surface area contributed by atoms with Crippen LogP contribution in [-0.2, 0) is 9.53 Å². The van der Waals surface area contributed by atoms with E-state index in [9.17, 15) is 4.79 Å². The van der Waals surface area contributed by atoms with E-state index in [-0.39, 0.29) is 5.78 Å². The highest BCUT2D eigenvalue weighted by atomic mass is 35.5. The third-order valence-corrected chi connectivity index (χ3v) is 3.38. The molecule has 0 radical (unpaired) electrons. The second-order valence-electron chi connectivity index (χ2n) is 5.56. The normalized spacial score (nSPS) is 23.6. The Labute approximate surface area is 113 Å². The number of hydrogen-bond acceptors (Lipinski definition) is 2. The zero-order valence-electron chi connectivity index (χ0n) is 11.1. The van der Waals surface area contributed by atoms with Gasteiger partial charge in [-0.05, 0) is 51.5 Å². The van der Waals surface area contributed by atoms with Crippen molar-refractivity contribution in [3.05, 3.63) is 40.4 Å². The van der Waals surface area contributed by atoms with E-state index in [0.717, 1.165) is 5.56 Å². The zero-order chi connectivity index (χ0) is 13.6. The zero-order valence-corrected chi connectivity index (χ0v) is 11.8. The number of halogens is 1. The van der Waals surface area contributed by atoms with Gasteiger partial charge in [-0.1, -0.05) is 23.7 Å². The molecule has 1 aromatic carbocycles. The average molecular weight is 265 g/mol. The van der Waals surface area contributed by atoms with Gasteiger partial charge < -0.3 is 4.74 Å². The van der Waals surface area contributed by atoms with E-state index in [1.165, 1.54) is 0 Å². The minimum atomic E-state index is -0.748. The van der Waals surface area contributed by atoms with Crippen LogP contribution in [-0.4, -0.2) is 17.0 Å². The van der Waals surface area contributed by atoms with E-state index in [0.29, 0.717) is 10.6 Å². The maximum atomic E-state index is 12.3. The fourth-order valence-electron chi connectivity index (χ4n) is 2.30. The molecular weight excluding hydrogens is 248 g/mol. The summed E-state index contributed by atoms with van der Waals surface area (Å²) in [5.41, 5.74) is 0.356. The van der Waals surface area contributed by atoms with E-state index < -0.39 is 11.2 Å². The van der Waals surface area contributed by atoms with Crippen molar-refractivity contribution in [2.75, 3.05) is 0 Å². The van der Waals surface area contributed by atoms with Crippen LogP contribution in [0.5, 0.6) is 0 Å². The molecule has 1 saturated heterocycles. The molecular formula is C15H17ClO2. The number of rotatable bonds is 1. The standard InChI is InChI=1S/C15H17ClO2/c1-14(2)12(13(17)15(3,4)18-14)9-10-5-7-11(16)8-6-10/h5-9H,1-4H3. The predicted octanol–water partition coefficient (Wildman–Crippen LogP) is 3.88. The molecule has 3 heteroatoms. The van der Waals surface area contributed by atoms with E-state index in [1.54, 1.807) is 13.8 Å². The highest BCUT2D eigenvalue weighted by Crippen LogP contribution is 2.39. The lowest BCUT2D eigenvalue weighted by molar-refractivity contribution is -0.132. The van der Waals surface area contributed by atoms with Gasteiger partial charge in [0.15, 0.2) is 5.78 Å². The van der Waals surface area contributed by atoms with Crippen LogP contribution < -0.4 is 0 Å². The largest absolute Gasteiger partial charge is 0.357 e. The maximum Gasteiger partial charge on any atom is 0.192 e. The predicted molar refractivity (Wildman–Crippen MR) is 73.7 cm³/mol. The molecule has 1 heterocycles. The van der Waals surface area contributed by atoms with Gasteiger partial charge in [0, 0.05) is 10.6 Å². The summed E-state index contributed by atoms with van der Waals surface area (Å²) in [4.78, 5) is 12.3. The fraction of sp³-hybridized carbons (Fsp3) is 0.400. The fourth-order valence-corrected chi connectivity index (χ4v) is 2.43. The maximum absolute atomic E-state index is 12.3. The third-order valence-electron chi connectivity index (χ3n) is 3.13. The number of Topliss-reactive ketones (excluding diaryl/α,β-unsaturated/α-hetero) is 1. The van der Waals surface area contributed by atoms with Gasteiger partial charge in [-0.25, -0.2) is 0 Å². The Hall–Kier alpha value is -1.12. The molecule has 0 bridgehead atoms. The van der Waals surface area contributed by atoms with Crippen LogP contribution in [0.1, 0.15) is 33.3 Å². The molecule has 2 rings (SSSR count). The number of ketones is 1. The first kappa shape index (κ1) is 13.3. The molecule has 1 aromatic rings. The van der Waals surface area contributed by atoms with E-state index in [1.807, 2.05) is 44.2 Å². The summed E-state index contributed by atoms with van der Waals surface area (Å²) in [6, 6.07) is 7.41. The number of ether oxygens (including phenoxy) is 1. The Morgan fingerprint density at radius 1 is 1.06 bits per heavy atom. The Balaban J connectivity index is 2.43. The third kappa shape index (κ3) is 2.36. The molecule has 2 nitrogen and oxygen atoms in total. The first-order valence-corrected chi connectivity index (χ1v) is 6.33. The van der Waals surface area contributed by atoms with Crippen LogP contribution in [0.4, 0.5) is 0 Å². The van der Waals surface area contributed by atoms with Crippen molar-refractivity contribution in [3.63, 3.8) is 0 Å². The summed E-state index contributed by atoms with van der Waals surface area (Å²) in [6.45, 7) is 7.45. The van der Waals surface area contributed by atoms with Crippen LogP contribution in [0.15, 0.2) is 29.8 Å². The molecule has 0 amide bonds. The van der Waals surface area contributed by atoms with Crippen LogP contribution in [0.25, 0.3) is 6.08 Å². The van der Waals surface area contributed by atoms with Gasteiger partial charge in [0.25, 0.3) is 0 Å². The van der Waals surface area contributed by atoms with Gasteiger partial charge in [0.2, 0.25) is 0 Å². The molecule has 1 aliphatic heterocycles. The monoisotopic (exact) mass is 264 g/mol. The van der Waals surface area contributed by atoms with Gasteiger partial charge in [0.1, 0.15) is 5.60 Å². The summed E-state index contributed by atoms with van der Waals surface area (Å²) in [6.07, 6.45) is 1.88. The molecule has 0 spiro atoms. The van der Waals surface area contributed by atoms with E-state index >= 15 is 0 Å². The Morgan fingerprint density at radius 3 is 2.06 bits per heavy atom. The van der Waals surface area contributed by atoms with E-state index in [2.05, 4.69) is 0 Å². The molecule has 0 saturated carbocycles.